The maximum atomic E-state index is 10.9. The number of para-hydroxylation sites is 1. The molecule has 0 aromatic heterocycles. The molecule has 22 heavy (non-hydrogen) atoms. The highest BCUT2D eigenvalue weighted by molar-refractivity contribution is 5.88. The summed E-state index contributed by atoms with van der Waals surface area (Å²) in [4.78, 5) is 15.6. The molecular weight excluding hydrogens is 272 g/mol. The quantitative estimate of drug-likeness (QED) is 0.486. The van der Waals surface area contributed by atoms with Gasteiger partial charge in [-0.3, -0.25) is 4.99 Å². The van der Waals surface area contributed by atoms with Crippen molar-refractivity contribution >= 4 is 17.6 Å². The smallest absolute Gasteiger partial charge is 0.116 e. The molecule has 0 saturated carbocycles. The van der Waals surface area contributed by atoms with E-state index in [0.29, 0.717) is 17.5 Å². The molecule has 0 aliphatic rings. The molecule has 0 N–H and O–H groups in total. The van der Waals surface area contributed by atoms with Gasteiger partial charge >= 0.3 is 0 Å². The Kier molecular flexibility index (Phi) is 5.21. The zero-order valence-corrected chi connectivity index (χ0v) is 13.6. The number of aliphatic imine (C=N–C) groups is 1. The van der Waals surface area contributed by atoms with Crippen LogP contribution < -0.4 is 0 Å². The maximum absolute atomic E-state index is 10.9. The number of nitroso groups, excluding NO2 is 1. The van der Waals surface area contributed by atoms with E-state index >= 15 is 0 Å². The average Bonchev–Trinajstić information content (AvgIpc) is 2.52. The zero-order valence-electron chi connectivity index (χ0n) is 13.6. The first-order valence-corrected chi connectivity index (χ1v) is 7.63. The Morgan fingerprint density at radius 3 is 2.00 bits per heavy atom. The fraction of sp³-hybridized carbons (Fsp3) is 0.316. The molecule has 3 heteroatoms. The van der Waals surface area contributed by atoms with Gasteiger partial charge in [-0.2, -0.15) is 0 Å². The van der Waals surface area contributed by atoms with Gasteiger partial charge in [0.2, 0.25) is 0 Å². The van der Waals surface area contributed by atoms with Crippen LogP contribution in [0.1, 0.15) is 56.2 Å². The van der Waals surface area contributed by atoms with Crippen LogP contribution in [0.5, 0.6) is 0 Å². The molecule has 0 bridgehead atoms. The SMILES string of the molecule is CC(C)c1cccc(C(C)C)c1N=Cc1ccccc1N=O. The average molecular weight is 294 g/mol. The van der Waals surface area contributed by atoms with E-state index in [1.54, 1.807) is 18.3 Å². The van der Waals surface area contributed by atoms with Crippen molar-refractivity contribution < 1.29 is 0 Å². The third-order valence-electron chi connectivity index (χ3n) is 3.71. The van der Waals surface area contributed by atoms with Crippen LogP contribution in [0.25, 0.3) is 0 Å². The van der Waals surface area contributed by atoms with E-state index in [2.05, 4.69) is 51.1 Å². The molecule has 2 aromatic carbocycles. The van der Waals surface area contributed by atoms with Crippen LogP contribution in [0.2, 0.25) is 0 Å². The summed E-state index contributed by atoms with van der Waals surface area (Å²) in [5.74, 6) is 0.788. The largest absolute Gasteiger partial charge is 0.256 e. The molecule has 0 amide bonds. The van der Waals surface area contributed by atoms with E-state index in [1.165, 1.54) is 11.1 Å². The first-order chi connectivity index (χ1) is 10.5. The summed E-state index contributed by atoms with van der Waals surface area (Å²) in [6.45, 7) is 8.66. The van der Waals surface area contributed by atoms with Crippen molar-refractivity contribution in [3.63, 3.8) is 0 Å². The predicted octanol–water partition coefficient (Wildman–Crippen LogP) is 6.08. The van der Waals surface area contributed by atoms with Crippen LogP contribution in [-0.4, -0.2) is 6.21 Å². The van der Waals surface area contributed by atoms with Crippen molar-refractivity contribution in [2.75, 3.05) is 0 Å². The first kappa shape index (κ1) is 16.1. The van der Waals surface area contributed by atoms with Gasteiger partial charge in [-0.25, -0.2) is 0 Å². The van der Waals surface area contributed by atoms with Gasteiger partial charge in [0.15, 0.2) is 0 Å². The minimum atomic E-state index is 0.394. The molecule has 0 saturated heterocycles. The van der Waals surface area contributed by atoms with Crippen molar-refractivity contribution in [1.82, 2.24) is 0 Å². The lowest BCUT2D eigenvalue weighted by Gasteiger charge is -2.16. The molecular formula is C19H22N2O. The highest BCUT2D eigenvalue weighted by Crippen LogP contribution is 2.34. The molecule has 0 unspecified atom stereocenters. The second-order valence-electron chi connectivity index (χ2n) is 6.00. The summed E-state index contributed by atoms with van der Waals surface area (Å²) in [7, 11) is 0. The van der Waals surface area contributed by atoms with Gasteiger partial charge in [-0.15, -0.1) is 4.91 Å². The first-order valence-electron chi connectivity index (χ1n) is 7.63. The van der Waals surface area contributed by atoms with Crippen LogP contribution >= 0.6 is 0 Å². The van der Waals surface area contributed by atoms with Crippen molar-refractivity contribution in [2.45, 2.75) is 39.5 Å². The second kappa shape index (κ2) is 7.12. The van der Waals surface area contributed by atoms with E-state index < -0.39 is 0 Å². The standard InChI is InChI=1S/C19H22N2O/c1-13(2)16-9-7-10-17(14(3)4)19(16)20-12-15-8-5-6-11-18(15)21-22/h5-14H,1-4H3. The van der Waals surface area contributed by atoms with Gasteiger partial charge in [-0.1, -0.05) is 64.1 Å². The highest BCUT2D eigenvalue weighted by Gasteiger charge is 2.12. The Morgan fingerprint density at radius 1 is 0.864 bits per heavy atom. The number of hydrogen-bond acceptors (Lipinski definition) is 3. The van der Waals surface area contributed by atoms with Crippen molar-refractivity contribution in [3.05, 3.63) is 64.1 Å². The van der Waals surface area contributed by atoms with Gasteiger partial charge in [0.05, 0.1) is 5.69 Å². The lowest BCUT2D eigenvalue weighted by atomic mass is 9.93. The summed E-state index contributed by atoms with van der Waals surface area (Å²) in [6, 6.07) is 13.6. The van der Waals surface area contributed by atoms with Crippen LogP contribution in [0.4, 0.5) is 11.4 Å². The summed E-state index contributed by atoms with van der Waals surface area (Å²) < 4.78 is 0. The highest BCUT2D eigenvalue weighted by atomic mass is 16.3. The fourth-order valence-corrected chi connectivity index (χ4v) is 2.47. The summed E-state index contributed by atoms with van der Waals surface area (Å²) in [6.07, 6.45) is 1.74. The molecule has 2 rings (SSSR count). The Hall–Kier alpha value is -2.29. The van der Waals surface area contributed by atoms with Gasteiger partial charge in [0.1, 0.15) is 5.69 Å². The predicted molar refractivity (Wildman–Crippen MR) is 93.8 cm³/mol. The zero-order chi connectivity index (χ0) is 16.1. The molecule has 0 atom stereocenters. The third kappa shape index (κ3) is 3.48. The lowest BCUT2D eigenvalue weighted by Crippen LogP contribution is -1.95. The fourth-order valence-electron chi connectivity index (χ4n) is 2.47. The van der Waals surface area contributed by atoms with E-state index in [9.17, 15) is 4.91 Å². The van der Waals surface area contributed by atoms with E-state index in [4.69, 9.17) is 4.99 Å². The summed E-state index contributed by atoms with van der Waals surface area (Å²) in [5, 5.41) is 3.06. The second-order valence-corrected chi connectivity index (χ2v) is 6.00. The maximum Gasteiger partial charge on any atom is 0.116 e. The number of benzene rings is 2. The molecule has 0 aliphatic heterocycles. The molecule has 114 valence electrons. The third-order valence-corrected chi connectivity index (χ3v) is 3.71. The Morgan fingerprint density at radius 2 is 1.45 bits per heavy atom. The number of rotatable bonds is 5. The molecule has 2 aromatic rings. The monoisotopic (exact) mass is 294 g/mol. The van der Waals surface area contributed by atoms with Crippen LogP contribution in [0.15, 0.2) is 52.6 Å². The minimum Gasteiger partial charge on any atom is -0.256 e. The molecule has 0 heterocycles. The van der Waals surface area contributed by atoms with Crippen LogP contribution in [0.3, 0.4) is 0 Å². The van der Waals surface area contributed by atoms with Crippen molar-refractivity contribution in [2.24, 2.45) is 10.2 Å². The molecule has 0 fully saturated rings. The Bertz CT molecular complexity index is 661. The normalized spacial score (nSPS) is 11.5. The van der Waals surface area contributed by atoms with Crippen molar-refractivity contribution in [1.29, 1.82) is 0 Å². The van der Waals surface area contributed by atoms with Gasteiger partial charge in [-0.05, 0) is 34.2 Å². The topological polar surface area (TPSA) is 41.8 Å². The number of hydrogen-bond donors (Lipinski definition) is 0. The van der Waals surface area contributed by atoms with Gasteiger partial charge in [0.25, 0.3) is 0 Å². The van der Waals surface area contributed by atoms with Crippen LogP contribution in [0, 0.1) is 4.91 Å². The van der Waals surface area contributed by atoms with Crippen molar-refractivity contribution in [3.8, 4) is 0 Å². The minimum absolute atomic E-state index is 0.394. The molecule has 3 nitrogen and oxygen atoms in total. The molecule has 0 spiro atoms. The lowest BCUT2D eigenvalue weighted by molar-refractivity contribution is 0.835. The van der Waals surface area contributed by atoms with E-state index in [1.807, 2.05) is 12.1 Å². The summed E-state index contributed by atoms with van der Waals surface area (Å²) in [5.41, 5.74) is 4.61. The van der Waals surface area contributed by atoms with E-state index in [0.717, 1.165) is 11.3 Å². The van der Waals surface area contributed by atoms with Gasteiger partial charge in [0, 0.05) is 11.8 Å². The molecule has 0 radical (unpaired) electrons. The van der Waals surface area contributed by atoms with Gasteiger partial charge < -0.3 is 0 Å². The summed E-state index contributed by atoms with van der Waals surface area (Å²) >= 11 is 0. The van der Waals surface area contributed by atoms with E-state index in [-0.39, 0.29) is 0 Å². The molecule has 0 aliphatic carbocycles. The Labute approximate surface area is 132 Å². The van der Waals surface area contributed by atoms with Crippen LogP contribution in [-0.2, 0) is 0 Å². The Balaban J connectivity index is 2.52. The number of nitrogens with zero attached hydrogens (tertiary/aromatic N) is 2.